The second-order valence-corrected chi connectivity index (χ2v) is 6.91. The Balaban J connectivity index is 2.83. The number of anilines is 1. The summed E-state index contributed by atoms with van der Waals surface area (Å²) in [5.41, 5.74) is 5.52. The molecule has 0 radical (unpaired) electrons. The molecule has 1 atom stereocenters. The highest BCUT2D eigenvalue weighted by Crippen LogP contribution is 2.16. The van der Waals surface area contributed by atoms with Crippen molar-refractivity contribution >= 4 is 21.6 Å². The molecule has 0 spiro atoms. The van der Waals surface area contributed by atoms with Gasteiger partial charge in [-0.15, -0.1) is 0 Å². The van der Waals surface area contributed by atoms with Gasteiger partial charge < -0.3 is 11.1 Å². The van der Waals surface area contributed by atoms with Crippen LogP contribution in [0.5, 0.6) is 0 Å². The van der Waals surface area contributed by atoms with E-state index in [1.165, 1.54) is 12.1 Å². The van der Waals surface area contributed by atoms with Crippen molar-refractivity contribution in [2.24, 2.45) is 5.73 Å². The number of hydrogen-bond donors (Lipinski definition) is 3. The molecule has 6 nitrogen and oxygen atoms in total. The number of benzene rings is 1. The summed E-state index contributed by atoms with van der Waals surface area (Å²) in [7, 11) is -3.48. The van der Waals surface area contributed by atoms with Crippen LogP contribution in [0.3, 0.4) is 0 Å². The minimum atomic E-state index is -3.48. The molecule has 7 heteroatoms. The molecule has 21 heavy (non-hydrogen) atoms. The van der Waals surface area contributed by atoms with Crippen LogP contribution in [0, 0.1) is 0 Å². The summed E-state index contributed by atoms with van der Waals surface area (Å²) in [6.07, 6.45) is 1.38. The van der Waals surface area contributed by atoms with E-state index in [1.54, 1.807) is 26.0 Å². The largest absolute Gasteiger partial charge is 0.325 e. The molecule has 0 saturated heterocycles. The van der Waals surface area contributed by atoms with E-state index in [4.69, 9.17) is 5.73 Å². The van der Waals surface area contributed by atoms with Gasteiger partial charge in [-0.05, 0) is 37.6 Å². The number of nitrogens with one attached hydrogen (secondary N) is 2. The van der Waals surface area contributed by atoms with Crippen LogP contribution in [0.15, 0.2) is 29.2 Å². The van der Waals surface area contributed by atoms with Crippen molar-refractivity contribution < 1.29 is 13.2 Å². The van der Waals surface area contributed by atoms with Crippen LogP contribution < -0.4 is 15.8 Å². The standard InChI is InChI=1S/C14H23N3O3S/c1-4-10-14(3,15)13(18)17-11-6-8-12(9-7-11)21(19,20)16-5-2/h6-9,16H,4-5,10,15H2,1-3H3,(H,17,18). The maximum atomic E-state index is 12.0. The van der Waals surface area contributed by atoms with E-state index >= 15 is 0 Å². The molecule has 0 heterocycles. The molecule has 0 saturated carbocycles. The van der Waals surface area contributed by atoms with E-state index in [-0.39, 0.29) is 10.8 Å². The topological polar surface area (TPSA) is 101 Å². The molecular formula is C14H23N3O3S. The lowest BCUT2D eigenvalue weighted by molar-refractivity contribution is -0.120. The van der Waals surface area contributed by atoms with E-state index in [9.17, 15) is 13.2 Å². The Kier molecular flexibility index (Phi) is 5.88. The molecule has 1 rings (SSSR count). The van der Waals surface area contributed by atoms with Gasteiger partial charge in [-0.3, -0.25) is 4.79 Å². The smallest absolute Gasteiger partial charge is 0.244 e. The van der Waals surface area contributed by atoms with Gasteiger partial charge in [-0.25, -0.2) is 13.1 Å². The van der Waals surface area contributed by atoms with E-state index in [0.29, 0.717) is 18.7 Å². The van der Waals surface area contributed by atoms with Crippen LogP contribution in [0.25, 0.3) is 0 Å². The highest BCUT2D eigenvalue weighted by molar-refractivity contribution is 7.89. The van der Waals surface area contributed by atoms with Crippen molar-refractivity contribution in [2.75, 3.05) is 11.9 Å². The second-order valence-electron chi connectivity index (χ2n) is 5.15. The Labute approximate surface area is 126 Å². The summed E-state index contributed by atoms with van der Waals surface area (Å²) < 4.78 is 26.0. The summed E-state index contributed by atoms with van der Waals surface area (Å²) in [5.74, 6) is -0.286. The summed E-state index contributed by atoms with van der Waals surface area (Å²) >= 11 is 0. The molecule has 0 aliphatic carbocycles. The van der Waals surface area contributed by atoms with Crippen molar-refractivity contribution in [3.05, 3.63) is 24.3 Å². The van der Waals surface area contributed by atoms with Crippen LogP contribution in [-0.2, 0) is 14.8 Å². The van der Waals surface area contributed by atoms with Gasteiger partial charge in [0.1, 0.15) is 0 Å². The minimum Gasteiger partial charge on any atom is -0.325 e. The molecule has 0 aromatic heterocycles. The predicted octanol–water partition coefficient (Wildman–Crippen LogP) is 1.44. The molecule has 0 bridgehead atoms. The number of hydrogen-bond acceptors (Lipinski definition) is 4. The molecule has 1 unspecified atom stereocenters. The summed E-state index contributed by atoms with van der Waals surface area (Å²) in [6.45, 7) is 5.67. The van der Waals surface area contributed by atoms with Gasteiger partial charge in [0.15, 0.2) is 0 Å². The number of rotatable bonds is 7. The zero-order chi connectivity index (χ0) is 16.1. The first-order valence-corrected chi connectivity index (χ1v) is 8.41. The van der Waals surface area contributed by atoms with Gasteiger partial charge in [0.2, 0.25) is 15.9 Å². The zero-order valence-electron chi connectivity index (χ0n) is 12.6. The maximum Gasteiger partial charge on any atom is 0.244 e. The number of carbonyl (C=O) groups excluding carboxylic acids is 1. The fourth-order valence-corrected chi connectivity index (χ4v) is 2.94. The Hall–Kier alpha value is -1.44. The van der Waals surface area contributed by atoms with Crippen LogP contribution in [0.4, 0.5) is 5.69 Å². The van der Waals surface area contributed by atoms with Crippen LogP contribution in [0.2, 0.25) is 0 Å². The molecule has 118 valence electrons. The fourth-order valence-electron chi connectivity index (χ4n) is 1.90. The van der Waals surface area contributed by atoms with Gasteiger partial charge in [0.05, 0.1) is 10.4 Å². The fraction of sp³-hybridized carbons (Fsp3) is 0.500. The Morgan fingerprint density at radius 2 is 1.81 bits per heavy atom. The number of sulfonamides is 1. The number of nitrogens with two attached hydrogens (primary N) is 1. The highest BCUT2D eigenvalue weighted by atomic mass is 32.2. The van der Waals surface area contributed by atoms with Crippen molar-refractivity contribution in [1.82, 2.24) is 4.72 Å². The zero-order valence-corrected chi connectivity index (χ0v) is 13.5. The van der Waals surface area contributed by atoms with E-state index in [2.05, 4.69) is 10.0 Å². The third-order valence-electron chi connectivity index (χ3n) is 3.04. The van der Waals surface area contributed by atoms with E-state index < -0.39 is 15.6 Å². The molecule has 0 aliphatic heterocycles. The summed E-state index contributed by atoms with van der Waals surface area (Å²) in [6, 6.07) is 5.98. The van der Waals surface area contributed by atoms with Crippen LogP contribution in [-0.4, -0.2) is 26.4 Å². The highest BCUT2D eigenvalue weighted by Gasteiger charge is 2.27. The number of amides is 1. The van der Waals surface area contributed by atoms with E-state index in [1.807, 2.05) is 6.92 Å². The number of carbonyl (C=O) groups is 1. The SMILES string of the molecule is CCCC(C)(N)C(=O)Nc1ccc(S(=O)(=O)NCC)cc1. The normalized spacial score (nSPS) is 14.5. The molecule has 4 N–H and O–H groups in total. The third kappa shape index (κ3) is 4.80. The lowest BCUT2D eigenvalue weighted by Gasteiger charge is -2.22. The average Bonchev–Trinajstić information content (AvgIpc) is 2.39. The first-order chi connectivity index (χ1) is 9.73. The second kappa shape index (κ2) is 7.02. The first kappa shape index (κ1) is 17.6. The lowest BCUT2D eigenvalue weighted by atomic mass is 9.96. The van der Waals surface area contributed by atoms with Gasteiger partial charge >= 0.3 is 0 Å². The van der Waals surface area contributed by atoms with Crippen LogP contribution >= 0.6 is 0 Å². The quantitative estimate of drug-likeness (QED) is 0.709. The first-order valence-electron chi connectivity index (χ1n) is 6.93. The van der Waals surface area contributed by atoms with Crippen molar-refractivity contribution in [1.29, 1.82) is 0 Å². The molecule has 0 fully saturated rings. The molecule has 0 aliphatic rings. The van der Waals surface area contributed by atoms with Crippen LogP contribution in [0.1, 0.15) is 33.6 Å². The van der Waals surface area contributed by atoms with Gasteiger partial charge in [0.25, 0.3) is 0 Å². The Morgan fingerprint density at radius 3 is 2.29 bits per heavy atom. The van der Waals surface area contributed by atoms with E-state index in [0.717, 1.165) is 6.42 Å². The van der Waals surface area contributed by atoms with Crippen molar-refractivity contribution in [3.8, 4) is 0 Å². The maximum absolute atomic E-state index is 12.0. The molecule has 1 aromatic carbocycles. The van der Waals surface area contributed by atoms with Crippen molar-refractivity contribution in [3.63, 3.8) is 0 Å². The predicted molar refractivity (Wildman–Crippen MR) is 83.4 cm³/mol. The average molecular weight is 313 g/mol. The monoisotopic (exact) mass is 313 g/mol. The van der Waals surface area contributed by atoms with Gasteiger partial charge in [0, 0.05) is 12.2 Å². The van der Waals surface area contributed by atoms with Gasteiger partial charge in [-0.2, -0.15) is 0 Å². The molecule has 1 amide bonds. The molecule has 1 aromatic rings. The lowest BCUT2D eigenvalue weighted by Crippen LogP contribution is -2.48. The third-order valence-corrected chi connectivity index (χ3v) is 4.61. The van der Waals surface area contributed by atoms with Crippen molar-refractivity contribution in [2.45, 2.75) is 44.0 Å². The Morgan fingerprint density at radius 1 is 1.24 bits per heavy atom. The summed E-state index contributed by atoms with van der Waals surface area (Å²) in [5, 5.41) is 2.70. The van der Waals surface area contributed by atoms with Gasteiger partial charge in [-0.1, -0.05) is 20.3 Å². The Bertz CT molecular complexity index is 580. The summed E-state index contributed by atoms with van der Waals surface area (Å²) in [4.78, 5) is 12.2. The molecular weight excluding hydrogens is 290 g/mol. The minimum absolute atomic E-state index is 0.159.